The summed E-state index contributed by atoms with van der Waals surface area (Å²) in [5.41, 5.74) is 4.96. The predicted molar refractivity (Wildman–Crippen MR) is 89.6 cm³/mol. The summed E-state index contributed by atoms with van der Waals surface area (Å²) in [7, 11) is 0. The Hall–Kier alpha value is -2.75. The molecule has 1 unspecified atom stereocenters. The first kappa shape index (κ1) is 13.9. The van der Waals surface area contributed by atoms with Crippen molar-refractivity contribution < 1.29 is 4.39 Å². The average Bonchev–Trinajstić information content (AvgIpc) is 3.05. The van der Waals surface area contributed by atoms with E-state index in [9.17, 15) is 4.39 Å². The van der Waals surface area contributed by atoms with Crippen LogP contribution in [0, 0.1) is 0 Å². The molecule has 4 heteroatoms. The molecule has 0 bridgehead atoms. The molecule has 4 rings (SSSR count). The van der Waals surface area contributed by atoms with Crippen molar-refractivity contribution in [3.8, 4) is 11.1 Å². The van der Waals surface area contributed by atoms with Gasteiger partial charge in [0, 0.05) is 23.1 Å². The minimum Gasteiger partial charge on any atom is -0.278 e. The number of halogens is 1. The summed E-state index contributed by atoms with van der Waals surface area (Å²) in [6.07, 6.45) is 7.75. The number of pyridine rings is 1. The first-order valence-electron chi connectivity index (χ1n) is 7.64. The molecule has 2 aromatic heterocycles. The van der Waals surface area contributed by atoms with Gasteiger partial charge in [-0.1, -0.05) is 18.2 Å². The van der Waals surface area contributed by atoms with E-state index in [1.807, 2.05) is 31.3 Å². The van der Waals surface area contributed by atoms with Gasteiger partial charge in [0.15, 0.2) is 0 Å². The molecule has 0 saturated heterocycles. The monoisotopic (exact) mass is 305 g/mol. The summed E-state index contributed by atoms with van der Waals surface area (Å²) in [4.78, 5) is 4.59. The molecule has 0 aliphatic heterocycles. The van der Waals surface area contributed by atoms with E-state index in [0.29, 0.717) is 6.42 Å². The largest absolute Gasteiger partial charge is 0.278 e. The molecule has 1 aromatic carbocycles. The van der Waals surface area contributed by atoms with Crippen LogP contribution in [-0.2, 0) is 0 Å². The maximum absolute atomic E-state index is 13.6. The lowest BCUT2D eigenvalue weighted by molar-refractivity contribution is 0.621. The van der Waals surface area contributed by atoms with Crippen molar-refractivity contribution >= 4 is 10.9 Å². The number of benzene rings is 1. The van der Waals surface area contributed by atoms with E-state index >= 15 is 0 Å². The number of nitrogens with zero attached hydrogens (tertiary/aromatic N) is 2. The highest BCUT2D eigenvalue weighted by Gasteiger charge is 2.20. The molecule has 2 heterocycles. The highest BCUT2D eigenvalue weighted by atomic mass is 19.1. The Morgan fingerprint density at radius 2 is 2.17 bits per heavy atom. The van der Waals surface area contributed by atoms with Gasteiger partial charge in [-0.15, -0.1) is 0 Å². The molecule has 23 heavy (non-hydrogen) atoms. The molecule has 1 N–H and O–H groups in total. The van der Waals surface area contributed by atoms with E-state index < -0.39 is 0 Å². The van der Waals surface area contributed by atoms with Crippen LogP contribution in [-0.4, -0.2) is 15.2 Å². The molecule has 1 aliphatic rings. The molecule has 0 fully saturated rings. The molecule has 3 aromatic rings. The van der Waals surface area contributed by atoms with Gasteiger partial charge in [-0.05, 0) is 48.8 Å². The van der Waals surface area contributed by atoms with Crippen LogP contribution in [0.15, 0.2) is 66.3 Å². The Balaban J connectivity index is 1.80. The van der Waals surface area contributed by atoms with Crippen LogP contribution < -0.4 is 0 Å². The Morgan fingerprint density at radius 3 is 3.04 bits per heavy atom. The topological polar surface area (TPSA) is 41.6 Å². The summed E-state index contributed by atoms with van der Waals surface area (Å²) in [5.74, 6) is -0.0238. The Labute approximate surface area is 133 Å². The van der Waals surface area contributed by atoms with Gasteiger partial charge in [0.25, 0.3) is 0 Å². The highest BCUT2D eigenvalue weighted by molar-refractivity contribution is 5.84. The van der Waals surface area contributed by atoms with E-state index in [2.05, 4.69) is 33.4 Å². The van der Waals surface area contributed by atoms with Gasteiger partial charge in [-0.2, -0.15) is 5.10 Å². The second kappa shape index (κ2) is 5.47. The minimum absolute atomic E-state index is 0.103. The van der Waals surface area contributed by atoms with E-state index in [0.717, 1.165) is 33.3 Å². The van der Waals surface area contributed by atoms with Crippen LogP contribution in [0.25, 0.3) is 22.0 Å². The van der Waals surface area contributed by atoms with Crippen molar-refractivity contribution in [3.63, 3.8) is 0 Å². The number of hydrogen-bond donors (Lipinski definition) is 1. The molecule has 0 radical (unpaired) electrons. The number of H-pyrrole nitrogens is 1. The fraction of sp³-hybridized carbons (Fsp3) is 0.158. The van der Waals surface area contributed by atoms with Crippen LogP contribution in [0.1, 0.15) is 25.0 Å². The third kappa shape index (κ3) is 2.46. The fourth-order valence-electron chi connectivity index (χ4n) is 3.09. The number of aromatic amines is 1. The number of hydrogen-bond acceptors (Lipinski definition) is 2. The Morgan fingerprint density at radius 1 is 1.26 bits per heavy atom. The smallest absolute Gasteiger partial charge is 0.121 e. The number of allylic oxidation sites excluding steroid dienone is 4. The molecule has 114 valence electrons. The summed E-state index contributed by atoms with van der Waals surface area (Å²) < 4.78 is 13.6. The van der Waals surface area contributed by atoms with E-state index in [-0.39, 0.29) is 11.7 Å². The molecule has 0 amide bonds. The minimum atomic E-state index is -0.126. The van der Waals surface area contributed by atoms with Crippen molar-refractivity contribution in [3.05, 3.63) is 72.0 Å². The third-order valence-electron chi connectivity index (χ3n) is 4.35. The van der Waals surface area contributed by atoms with Crippen LogP contribution in [0.2, 0.25) is 0 Å². The predicted octanol–water partition coefficient (Wildman–Crippen LogP) is 4.91. The van der Waals surface area contributed by atoms with Gasteiger partial charge >= 0.3 is 0 Å². The zero-order chi connectivity index (χ0) is 15.8. The third-order valence-corrected chi connectivity index (χ3v) is 4.35. The van der Waals surface area contributed by atoms with E-state index in [1.165, 1.54) is 0 Å². The zero-order valence-electron chi connectivity index (χ0n) is 12.8. The number of rotatable bonds is 2. The van der Waals surface area contributed by atoms with E-state index in [1.54, 1.807) is 12.3 Å². The molecule has 0 spiro atoms. The number of fused-ring (bicyclic) bond motifs is 1. The van der Waals surface area contributed by atoms with Gasteiger partial charge in [0.2, 0.25) is 0 Å². The highest BCUT2D eigenvalue weighted by Crippen LogP contribution is 2.36. The van der Waals surface area contributed by atoms with Crippen LogP contribution in [0.4, 0.5) is 4.39 Å². The quantitative estimate of drug-likeness (QED) is 0.730. The lowest BCUT2D eigenvalue weighted by Gasteiger charge is -2.20. The van der Waals surface area contributed by atoms with Gasteiger partial charge in [0.05, 0.1) is 17.4 Å². The maximum atomic E-state index is 13.6. The lowest BCUT2D eigenvalue weighted by Crippen LogP contribution is -2.05. The van der Waals surface area contributed by atoms with Gasteiger partial charge in [-0.25, -0.2) is 4.39 Å². The van der Waals surface area contributed by atoms with Crippen molar-refractivity contribution in [1.29, 1.82) is 0 Å². The van der Waals surface area contributed by atoms with Crippen LogP contribution in [0.3, 0.4) is 0 Å². The van der Waals surface area contributed by atoms with Gasteiger partial charge < -0.3 is 0 Å². The average molecular weight is 305 g/mol. The summed E-state index contributed by atoms with van der Waals surface area (Å²) in [6, 6.07) is 10.2. The summed E-state index contributed by atoms with van der Waals surface area (Å²) >= 11 is 0. The standard InChI is InChI=1S/C19H16FN3/c1-12-9-14(4-6-17(12)20)19-16(3-2-8-21-19)13-5-7-18-15(10-13)11-22-23-18/h2-8,10-11,14H,9H2,1H3,(H,22,23). The molecular weight excluding hydrogens is 289 g/mol. The Bertz CT molecular complexity index is 936. The van der Waals surface area contributed by atoms with Crippen molar-refractivity contribution in [2.75, 3.05) is 0 Å². The normalized spacial score (nSPS) is 17.9. The summed E-state index contributed by atoms with van der Waals surface area (Å²) in [5, 5.41) is 8.10. The maximum Gasteiger partial charge on any atom is 0.121 e. The summed E-state index contributed by atoms with van der Waals surface area (Å²) in [6.45, 7) is 1.84. The number of nitrogens with one attached hydrogen (secondary N) is 1. The fourth-order valence-corrected chi connectivity index (χ4v) is 3.09. The second-order valence-electron chi connectivity index (χ2n) is 5.91. The van der Waals surface area contributed by atoms with Gasteiger partial charge in [-0.3, -0.25) is 10.1 Å². The lowest BCUT2D eigenvalue weighted by atomic mass is 9.87. The van der Waals surface area contributed by atoms with E-state index in [4.69, 9.17) is 0 Å². The molecule has 0 saturated carbocycles. The zero-order valence-corrected chi connectivity index (χ0v) is 12.8. The van der Waals surface area contributed by atoms with Crippen LogP contribution >= 0.6 is 0 Å². The number of aromatic nitrogens is 3. The molecule has 1 aliphatic carbocycles. The van der Waals surface area contributed by atoms with Crippen molar-refractivity contribution in [2.24, 2.45) is 0 Å². The molecule has 3 nitrogen and oxygen atoms in total. The SMILES string of the molecule is CC1=C(F)C=CC(c2ncccc2-c2ccc3[nH]ncc3c2)C1. The first-order chi connectivity index (χ1) is 11.2. The second-order valence-corrected chi connectivity index (χ2v) is 5.91. The molecule has 1 atom stereocenters. The molecular formula is C19H16FN3. The Kier molecular flexibility index (Phi) is 3.30. The van der Waals surface area contributed by atoms with Crippen molar-refractivity contribution in [2.45, 2.75) is 19.3 Å². The van der Waals surface area contributed by atoms with Gasteiger partial charge in [0.1, 0.15) is 5.83 Å². The van der Waals surface area contributed by atoms with Crippen molar-refractivity contribution in [1.82, 2.24) is 15.2 Å². The first-order valence-corrected chi connectivity index (χ1v) is 7.64. The van der Waals surface area contributed by atoms with Crippen LogP contribution in [0.5, 0.6) is 0 Å².